The molecule has 30 heavy (non-hydrogen) atoms. The van der Waals surface area contributed by atoms with E-state index in [0.29, 0.717) is 11.3 Å². The van der Waals surface area contributed by atoms with E-state index < -0.39 is 0 Å². The summed E-state index contributed by atoms with van der Waals surface area (Å²) in [7, 11) is 0. The van der Waals surface area contributed by atoms with E-state index in [4.69, 9.17) is 4.42 Å². The first-order chi connectivity index (χ1) is 14.6. The lowest BCUT2D eigenvalue weighted by Gasteiger charge is -2.10. The number of anilines is 1. The van der Waals surface area contributed by atoms with Gasteiger partial charge in [0.2, 0.25) is 0 Å². The van der Waals surface area contributed by atoms with Gasteiger partial charge in [-0.1, -0.05) is 90.4 Å². The Morgan fingerprint density at radius 3 is 1.93 bits per heavy atom. The smallest absolute Gasteiger partial charge is 0.360 e. The fourth-order valence-electron chi connectivity index (χ4n) is 4.08. The van der Waals surface area contributed by atoms with E-state index in [1.54, 1.807) is 12.1 Å². The molecule has 0 radical (unpaired) electrons. The maximum atomic E-state index is 12.2. The Hall–Kier alpha value is -1.97. The summed E-state index contributed by atoms with van der Waals surface area (Å²) >= 11 is 0. The van der Waals surface area contributed by atoms with Gasteiger partial charge in [-0.2, -0.15) is 0 Å². The van der Waals surface area contributed by atoms with E-state index in [0.717, 1.165) is 23.9 Å². The van der Waals surface area contributed by atoms with Crippen molar-refractivity contribution in [2.75, 3.05) is 11.9 Å². The van der Waals surface area contributed by atoms with E-state index in [2.05, 4.69) is 12.2 Å². The molecular weight excluding hydrogens is 374 g/mol. The molecule has 2 N–H and O–H groups in total. The summed E-state index contributed by atoms with van der Waals surface area (Å²) in [5.74, 6) is 0.105. The van der Waals surface area contributed by atoms with Crippen LogP contribution in [0.3, 0.4) is 0 Å². The summed E-state index contributed by atoms with van der Waals surface area (Å²) in [6.07, 6.45) is 18.8. The average molecular weight is 416 g/mol. The molecule has 0 aliphatic carbocycles. The number of hydrogen-bond acceptors (Lipinski definition) is 4. The molecule has 0 bridgehead atoms. The number of rotatable bonds is 16. The van der Waals surface area contributed by atoms with Gasteiger partial charge in [0.1, 0.15) is 17.0 Å². The molecule has 0 aliphatic rings. The number of phenols is 1. The second-order valence-corrected chi connectivity index (χ2v) is 8.59. The monoisotopic (exact) mass is 415 g/mol. The summed E-state index contributed by atoms with van der Waals surface area (Å²) < 4.78 is 5.35. The van der Waals surface area contributed by atoms with Crippen molar-refractivity contribution >= 4 is 16.7 Å². The van der Waals surface area contributed by atoms with Crippen LogP contribution >= 0.6 is 0 Å². The van der Waals surface area contributed by atoms with Crippen molar-refractivity contribution in [2.24, 2.45) is 0 Å². The number of benzene rings is 1. The van der Waals surface area contributed by atoms with Gasteiger partial charge < -0.3 is 14.8 Å². The first-order valence-electron chi connectivity index (χ1n) is 12.1. The third kappa shape index (κ3) is 8.41. The van der Waals surface area contributed by atoms with Crippen molar-refractivity contribution < 1.29 is 9.52 Å². The number of aryl methyl sites for hydroxylation is 1. The fraction of sp³-hybridized carbons (Fsp3) is 0.654. The molecule has 0 fully saturated rings. The molecule has 1 aromatic carbocycles. The Labute approximate surface area is 182 Å². The molecule has 1 heterocycles. The highest BCUT2D eigenvalue weighted by molar-refractivity contribution is 5.85. The zero-order valence-electron chi connectivity index (χ0n) is 19.1. The van der Waals surface area contributed by atoms with Crippen LogP contribution in [0.1, 0.15) is 102 Å². The van der Waals surface area contributed by atoms with Gasteiger partial charge in [0.05, 0.1) is 0 Å². The molecule has 1 aromatic heterocycles. The summed E-state index contributed by atoms with van der Waals surface area (Å²) in [5.41, 5.74) is 1.49. The van der Waals surface area contributed by atoms with Crippen molar-refractivity contribution in [2.45, 2.75) is 104 Å². The van der Waals surface area contributed by atoms with Gasteiger partial charge in [-0.25, -0.2) is 4.79 Å². The van der Waals surface area contributed by atoms with E-state index in [9.17, 15) is 9.90 Å². The first kappa shape index (κ1) is 24.3. The SMILES string of the molecule is CCCCCCCCCCCCCCCCNc1c(C)c2ccc(O)cc2oc1=O. The van der Waals surface area contributed by atoms with Crippen molar-refractivity contribution in [3.05, 3.63) is 34.2 Å². The lowest BCUT2D eigenvalue weighted by molar-refractivity contribution is 0.473. The topological polar surface area (TPSA) is 62.5 Å². The Morgan fingerprint density at radius 2 is 1.37 bits per heavy atom. The van der Waals surface area contributed by atoms with E-state index in [-0.39, 0.29) is 11.4 Å². The average Bonchev–Trinajstić information content (AvgIpc) is 2.72. The maximum Gasteiger partial charge on any atom is 0.360 e. The van der Waals surface area contributed by atoms with Crippen LogP contribution in [0.2, 0.25) is 0 Å². The van der Waals surface area contributed by atoms with Crippen LogP contribution < -0.4 is 10.9 Å². The van der Waals surface area contributed by atoms with Crippen molar-refractivity contribution in [1.29, 1.82) is 0 Å². The third-order valence-corrected chi connectivity index (χ3v) is 5.98. The molecule has 0 saturated carbocycles. The highest BCUT2D eigenvalue weighted by Gasteiger charge is 2.11. The number of nitrogens with one attached hydrogen (secondary N) is 1. The summed E-state index contributed by atoms with van der Waals surface area (Å²) in [6, 6.07) is 4.90. The highest BCUT2D eigenvalue weighted by Crippen LogP contribution is 2.25. The van der Waals surface area contributed by atoms with Gasteiger partial charge in [0.25, 0.3) is 0 Å². The molecule has 0 unspecified atom stereocenters. The largest absolute Gasteiger partial charge is 0.508 e. The van der Waals surface area contributed by atoms with Gasteiger partial charge in [-0.05, 0) is 31.0 Å². The molecule has 168 valence electrons. The molecule has 4 nitrogen and oxygen atoms in total. The fourth-order valence-corrected chi connectivity index (χ4v) is 4.08. The summed E-state index contributed by atoms with van der Waals surface area (Å²) in [5, 5.41) is 13.7. The van der Waals surface area contributed by atoms with Crippen molar-refractivity contribution in [3.63, 3.8) is 0 Å². The van der Waals surface area contributed by atoms with Gasteiger partial charge in [-0.15, -0.1) is 0 Å². The molecule has 0 saturated heterocycles. The lowest BCUT2D eigenvalue weighted by Crippen LogP contribution is -2.13. The summed E-state index contributed by atoms with van der Waals surface area (Å²) in [4.78, 5) is 12.2. The molecule has 0 spiro atoms. The maximum absolute atomic E-state index is 12.2. The molecule has 0 aliphatic heterocycles. The van der Waals surface area contributed by atoms with Crippen LogP contribution in [-0.4, -0.2) is 11.7 Å². The minimum atomic E-state index is -0.365. The van der Waals surface area contributed by atoms with E-state index in [1.165, 1.54) is 89.5 Å². The van der Waals surface area contributed by atoms with Gasteiger partial charge >= 0.3 is 5.63 Å². The number of phenolic OH excluding ortho intramolecular Hbond substituents is 1. The van der Waals surface area contributed by atoms with Gasteiger partial charge in [0, 0.05) is 18.0 Å². The zero-order chi connectivity index (χ0) is 21.6. The molecule has 0 amide bonds. The highest BCUT2D eigenvalue weighted by atomic mass is 16.4. The zero-order valence-corrected chi connectivity index (χ0v) is 19.1. The first-order valence-corrected chi connectivity index (χ1v) is 12.1. The second kappa shape index (κ2) is 14.1. The number of aromatic hydroxyl groups is 1. The summed E-state index contributed by atoms with van der Waals surface area (Å²) in [6.45, 7) is 4.98. The Kier molecular flexibility index (Phi) is 11.4. The minimum Gasteiger partial charge on any atom is -0.508 e. The van der Waals surface area contributed by atoms with Crippen LogP contribution in [-0.2, 0) is 0 Å². The van der Waals surface area contributed by atoms with Gasteiger partial charge in [-0.3, -0.25) is 0 Å². The van der Waals surface area contributed by atoms with Crippen LogP contribution in [0.5, 0.6) is 5.75 Å². The Bertz CT molecular complexity index is 797. The Morgan fingerprint density at radius 1 is 0.833 bits per heavy atom. The van der Waals surface area contributed by atoms with Gasteiger partial charge in [0.15, 0.2) is 0 Å². The number of unbranched alkanes of at least 4 members (excludes halogenated alkanes) is 13. The second-order valence-electron chi connectivity index (χ2n) is 8.59. The predicted molar refractivity (Wildman–Crippen MR) is 128 cm³/mol. The number of fused-ring (bicyclic) bond motifs is 1. The standard InChI is InChI=1S/C26H41NO3/c1-3-4-5-6-7-8-9-10-11-12-13-14-15-16-19-27-25-21(2)23-18-17-22(28)20-24(23)30-26(25)29/h17-18,20,27-28H,3-16,19H2,1-2H3. The Balaban J connectivity index is 1.52. The quantitative estimate of drug-likeness (QED) is 0.218. The van der Waals surface area contributed by atoms with E-state index >= 15 is 0 Å². The predicted octanol–water partition coefficient (Wildman–Crippen LogP) is 7.70. The van der Waals surface area contributed by atoms with Crippen LogP contribution in [0.15, 0.2) is 27.4 Å². The van der Waals surface area contributed by atoms with Crippen molar-refractivity contribution in [3.8, 4) is 5.75 Å². The number of hydrogen-bond donors (Lipinski definition) is 2. The lowest BCUT2D eigenvalue weighted by atomic mass is 10.0. The molecule has 4 heteroatoms. The molecule has 0 atom stereocenters. The molecular formula is C26H41NO3. The van der Waals surface area contributed by atoms with Crippen molar-refractivity contribution in [1.82, 2.24) is 0 Å². The van der Waals surface area contributed by atoms with Crippen LogP contribution in [0, 0.1) is 6.92 Å². The van der Waals surface area contributed by atoms with Crippen LogP contribution in [0.4, 0.5) is 5.69 Å². The van der Waals surface area contributed by atoms with Crippen LogP contribution in [0.25, 0.3) is 11.0 Å². The third-order valence-electron chi connectivity index (χ3n) is 5.98. The molecule has 2 rings (SSSR count). The van der Waals surface area contributed by atoms with E-state index in [1.807, 2.05) is 6.92 Å². The minimum absolute atomic E-state index is 0.105. The normalized spacial score (nSPS) is 11.3. The molecule has 2 aromatic rings.